The van der Waals surface area contributed by atoms with Crippen LogP contribution in [0.4, 0.5) is 5.69 Å². The first-order valence-electron chi connectivity index (χ1n) is 13.6. The molecule has 0 saturated carbocycles. The lowest BCUT2D eigenvalue weighted by Gasteiger charge is -2.44. The second-order valence-electron chi connectivity index (χ2n) is 9.68. The zero-order chi connectivity index (χ0) is 27.1. The molecule has 0 amide bonds. The van der Waals surface area contributed by atoms with Crippen molar-refractivity contribution in [3.63, 3.8) is 0 Å². The number of ether oxygens (including phenoxy) is 2. The van der Waals surface area contributed by atoms with Crippen molar-refractivity contribution in [1.29, 1.82) is 0 Å². The maximum Gasteiger partial charge on any atom is 0.160 e. The molecule has 0 radical (unpaired) electrons. The lowest BCUT2D eigenvalue weighted by Crippen LogP contribution is -2.48. The van der Waals surface area contributed by atoms with E-state index in [0.29, 0.717) is 19.6 Å². The van der Waals surface area contributed by atoms with E-state index in [1.165, 1.54) is 5.56 Å². The second kappa shape index (κ2) is 12.2. The Morgan fingerprint density at radius 3 is 2.05 bits per heavy atom. The predicted octanol–water partition coefficient (Wildman–Crippen LogP) is 7.13. The van der Waals surface area contributed by atoms with Gasteiger partial charge in [0.05, 0.1) is 11.6 Å². The van der Waals surface area contributed by atoms with Crippen LogP contribution < -0.4 is 5.32 Å². The molecule has 0 fully saturated rings. The number of aromatic nitrogens is 3. The van der Waals surface area contributed by atoms with Gasteiger partial charge in [-0.15, -0.1) is 5.10 Å². The topological polar surface area (TPSA) is 61.2 Å². The highest BCUT2D eigenvalue weighted by Gasteiger charge is 2.47. The number of para-hydroxylation sites is 2. The number of anilines is 1. The minimum Gasteiger partial charge on any atom is -0.375 e. The molecule has 1 aromatic heterocycles. The van der Waals surface area contributed by atoms with E-state index in [1.807, 2.05) is 56.3 Å². The smallest absolute Gasteiger partial charge is 0.160 e. The number of hydrogen-bond acceptors (Lipinski definition) is 5. The van der Waals surface area contributed by atoms with Crippen LogP contribution >= 0.6 is 0 Å². The Balaban J connectivity index is 1.83. The van der Waals surface area contributed by atoms with Crippen molar-refractivity contribution in [1.82, 2.24) is 15.0 Å². The van der Waals surface area contributed by atoms with Crippen LogP contribution in [0, 0.1) is 6.92 Å². The molecular weight excluding hydrogens is 484 g/mol. The van der Waals surface area contributed by atoms with E-state index in [1.54, 1.807) is 0 Å². The quantitative estimate of drug-likeness (QED) is 0.177. The van der Waals surface area contributed by atoms with Gasteiger partial charge in [0.15, 0.2) is 6.29 Å². The number of hydrogen-bond donors (Lipinski definition) is 1. The van der Waals surface area contributed by atoms with Crippen LogP contribution in [0.25, 0.3) is 11.0 Å². The van der Waals surface area contributed by atoms with Gasteiger partial charge in [-0.25, -0.2) is 4.68 Å². The summed E-state index contributed by atoms with van der Waals surface area (Å²) in [5.74, 6) is 0. The van der Waals surface area contributed by atoms with E-state index >= 15 is 0 Å². The second-order valence-corrected chi connectivity index (χ2v) is 9.68. The van der Waals surface area contributed by atoms with Gasteiger partial charge in [0.2, 0.25) is 0 Å². The van der Waals surface area contributed by atoms with Crippen LogP contribution in [0.1, 0.15) is 43.0 Å². The third-order valence-corrected chi connectivity index (χ3v) is 7.16. The summed E-state index contributed by atoms with van der Waals surface area (Å²) in [5.41, 5.74) is 5.42. The molecule has 0 aliphatic heterocycles. The fraction of sp³-hybridized carbons (Fsp3) is 0.273. The lowest BCUT2D eigenvalue weighted by atomic mass is 9.76. The Morgan fingerprint density at radius 2 is 1.38 bits per heavy atom. The maximum absolute atomic E-state index is 6.21. The van der Waals surface area contributed by atoms with Gasteiger partial charge in [-0.3, -0.25) is 0 Å². The van der Waals surface area contributed by atoms with Crippen LogP contribution in [0.5, 0.6) is 0 Å². The zero-order valence-corrected chi connectivity index (χ0v) is 22.8. The first-order valence-corrected chi connectivity index (χ1v) is 13.6. The van der Waals surface area contributed by atoms with E-state index in [0.717, 1.165) is 27.8 Å². The first-order chi connectivity index (χ1) is 19.2. The highest BCUT2D eigenvalue weighted by Crippen LogP contribution is 2.46. The molecule has 1 N–H and O–H groups in total. The molecule has 4 aromatic carbocycles. The largest absolute Gasteiger partial charge is 0.375 e. The summed E-state index contributed by atoms with van der Waals surface area (Å²) >= 11 is 0. The van der Waals surface area contributed by atoms with E-state index in [-0.39, 0.29) is 6.04 Å². The van der Waals surface area contributed by atoms with E-state index in [4.69, 9.17) is 14.7 Å². The zero-order valence-electron chi connectivity index (χ0n) is 22.8. The van der Waals surface area contributed by atoms with Gasteiger partial charge < -0.3 is 14.8 Å². The number of nitrogens with one attached hydrogen (secondary N) is 1. The lowest BCUT2D eigenvalue weighted by molar-refractivity contribution is -0.152. The van der Waals surface area contributed by atoms with Gasteiger partial charge in [0, 0.05) is 25.3 Å². The summed E-state index contributed by atoms with van der Waals surface area (Å²) in [4.78, 5) is 0. The molecule has 0 aliphatic carbocycles. The molecule has 0 aliphatic rings. The molecule has 5 aromatic rings. The molecule has 6 heteroatoms. The van der Waals surface area contributed by atoms with E-state index in [9.17, 15) is 0 Å². The van der Waals surface area contributed by atoms with Crippen LogP contribution in [0.2, 0.25) is 0 Å². The number of fused-ring (bicyclic) bond motifs is 1. The molecule has 2 atom stereocenters. The normalized spacial score (nSPS) is 13.8. The van der Waals surface area contributed by atoms with Crippen molar-refractivity contribution in [3.05, 3.63) is 126 Å². The van der Waals surface area contributed by atoms with Crippen LogP contribution in [-0.4, -0.2) is 34.5 Å². The third-order valence-electron chi connectivity index (χ3n) is 7.16. The molecule has 39 heavy (non-hydrogen) atoms. The first kappa shape index (κ1) is 26.6. The number of benzene rings is 4. The van der Waals surface area contributed by atoms with E-state index in [2.05, 4.69) is 88.8 Å². The monoisotopic (exact) mass is 520 g/mol. The van der Waals surface area contributed by atoms with Gasteiger partial charge in [0.1, 0.15) is 11.1 Å². The molecule has 2 unspecified atom stereocenters. The van der Waals surface area contributed by atoms with Gasteiger partial charge in [-0.05, 0) is 56.2 Å². The summed E-state index contributed by atoms with van der Waals surface area (Å²) < 4.78 is 14.5. The average molecular weight is 521 g/mol. The van der Waals surface area contributed by atoms with Crippen molar-refractivity contribution in [2.75, 3.05) is 18.5 Å². The molecule has 0 saturated heterocycles. The van der Waals surface area contributed by atoms with Crippen LogP contribution in [0.15, 0.2) is 109 Å². The van der Waals surface area contributed by atoms with Gasteiger partial charge in [0.25, 0.3) is 0 Å². The molecular formula is C33H36N4O2. The summed E-state index contributed by atoms with van der Waals surface area (Å²) in [6, 6.07) is 37.4. The minimum atomic E-state index is -0.780. The Labute approximate surface area is 230 Å². The van der Waals surface area contributed by atoms with Crippen LogP contribution in [0.3, 0.4) is 0 Å². The number of aryl methyl sites for hydroxylation is 1. The van der Waals surface area contributed by atoms with Crippen molar-refractivity contribution < 1.29 is 9.47 Å². The fourth-order valence-corrected chi connectivity index (χ4v) is 5.35. The molecule has 0 bridgehead atoms. The molecule has 1 heterocycles. The summed E-state index contributed by atoms with van der Waals surface area (Å²) in [6.45, 7) is 7.18. The van der Waals surface area contributed by atoms with Gasteiger partial charge in [-0.1, -0.05) is 95.7 Å². The molecule has 0 spiro atoms. The summed E-state index contributed by atoms with van der Waals surface area (Å²) in [6.07, 6.45) is 0.0402. The standard InChI is InChI=1S/C33H36N4O2/c1-4-38-31(39-5-2)24-33(27-14-8-6-9-15-27,37-30-19-13-12-18-29(30)35-36-37)32(26-22-20-25(3)21-23-26)34-28-16-10-7-11-17-28/h6-23,31-32,34H,4-5,24H2,1-3H3. The number of rotatable bonds is 12. The van der Waals surface area contributed by atoms with Crippen molar-refractivity contribution in [3.8, 4) is 0 Å². The summed E-state index contributed by atoms with van der Waals surface area (Å²) in [7, 11) is 0. The Bertz CT molecular complexity index is 1450. The highest BCUT2D eigenvalue weighted by molar-refractivity contribution is 5.74. The van der Waals surface area contributed by atoms with Crippen molar-refractivity contribution in [2.45, 2.75) is 45.1 Å². The molecule has 5 rings (SSSR count). The number of nitrogens with zero attached hydrogens (tertiary/aromatic N) is 3. The third kappa shape index (κ3) is 5.58. The SMILES string of the molecule is CCOC(CC(c1ccccc1)(C(Nc1ccccc1)c1ccc(C)cc1)n1nnc2ccccc21)OCC. The van der Waals surface area contributed by atoms with E-state index < -0.39 is 11.8 Å². The molecule has 6 nitrogen and oxygen atoms in total. The maximum atomic E-state index is 6.21. The Hall–Kier alpha value is -4.00. The minimum absolute atomic E-state index is 0.253. The summed E-state index contributed by atoms with van der Waals surface area (Å²) in [5, 5.41) is 13.3. The highest BCUT2D eigenvalue weighted by atomic mass is 16.7. The Morgan fingerprint density at radius 1 is 0.769 bits per heavy atom. The van der Waals surface area contributed by atoms with Crippen molar-refractivity contribution >= 4 is 16.7 Å². The fourth-order valence-electron chi connectivity index (χ4n) is 5.35. The van der Waals surface area contributed by atoms with Crippen molar-refractivity contribution in [2.24, 2.45) is 0 Å². The van der Waals surface area contributed by atoms with Gasteiger partial charge >= 0.3 is 0 Å². The average Bonchev–Trinajstić information content (AvgIpc) is 3.41. The van der Waals surface area contributed by atoms with Crippen LogP contribution in [-0.2, 0) is 15.0 Å². The van der Waals surface area contributed by atoms with Gasteiger partial charge in [-0.2, -0.15) is 0 Å². The predicted molar refractivity (Wildman–Crippen MR) is 157 cm³/mol. The Kier molecular flexibility index (Phi) is 8.35. The molecule has 200 valence electrons.